The molecule has 0 spiro atoms. The summed E-state index contributed by atoms with van der Waals surface area (Å²) in [6.45, 7) is 2.21. The molecule has 11 heavy (non-hydrogen) atoms. The molecule has 0 aliphatic heterocycles. The van der Waals surface area contributed by atoms with Gasteiger partial charge in [-0.15, -0.1) is 11.8 Å². The van der Waals surface area contributed by atoms with Gasteiger partial charge in [0.15, 0.2) is 0 Å². The number of thioether (sulfide) groups is 1. The lowest BCUT2D eigenvalue weighted by atomic mass is 10.7. The topological polar surface area (TPSA) is 52.3 Å². The van der Waals surface area contributed by atoms with Crippen LogP contribution in [0.25, 0.3) is 0 Å². The molecule has 0 bridgehead atoms. The second-order valence-corrected chi connectivity index (χ2v) is 2.88. The van der Waals surface area contributed by atoms with Crippen molar-refractivity contribution in [1.82, 2.24) is 0 Å². The monoisotopic (exact) mass is 181 g/mol. The van der Waals surface area contributed by atoms with E-state index in [4.69, 9.17) is 5.73 Å². The summed E-state index contributed by atoms with van der Waals surface area (Å²) in [5.74, 6) is -0.383. The first-order valence-electron chi connectivity index (χ1n) is 3.34. The van der Waals surface area contributed by atoms with Crippen LogP contribution in [0.5, 0.6) is 0 Å². The maximum Gasteiger partial charge on any atom is 0.351 e. The van der Waals surface area contributed by atoms with E-state index >= 15 is 0 Å². The fourth-order valence-electron chi connectivity index (χ4n) is 0.447. The fraction of sp³-hybridized carbons (Fsp3) is 0.833. The molecule has 0 radical (unpaired) electrons. The van der Waals surface area contributed by atoms with Crippen molar-refractivity contribution in [3.63, 3.8) is 0 Å². The molecule has 0 aliphatic rings. The molecule has 0 fully saturated rings. The second-order valence-electron chi connectivity index (χ2n) is 1.73. The molecule has 0 aromatic carbocycles. The molecule has 0 aromatic rings. The van der Waals surface area contributed by atoms with Crippen LogP contribution in [0.3, 0.4) is 0 Å². The van der Waals surface area contributed by atoms with Crippen LogP contribution >= 0.6 is 11.8 Å². The minimum atomic E-state index is -1.58. The number of halogens is 1. The number of esters is 1. The van der Waals surface area contributed by atoms with Gasteiger partial charge in [0, 0.05) is 12.3 Å². The van der Waals surface area contributed by atoms with Crippen molar-refractivity contribution in [2.45, 2.75) is 12.4 Å². The van der Waals surface area contributed by atoms with Crippen LogP contribution in [0.1, 0.15) is 6.92 Å². The van der Waals surface area contributed by atoms with Crippen molar-refractivity contribution >= 4 is 17.7 Å². The van der Waals surface area contributed by atoms with Gasteiger partial charge >= 0.3 is 5.97 Å². The van der Waals surface area contributed by atoms with Gasteiger partial charge in [-0.25, -0.2) is 9.18 Å². The van der Waals surface area contributed by atoms with E-state index in [0.29, 0.717) is 12.3 Å². The highest BCUT2D eigenvalue weighted by Crippen LogP contribution is 2.12. The third-order valence-electron chi connectivity index (χ3n) is 0.854. The predicted molar refractivity (Wildman–Crippen MR) is 43.0 cm³/mol. The number of hydrogen-bond acceptors (Lipinski definition) is 4. The lowest BCUT2D eigenvalue weighted by molar-refractivity contribution is -0.145. The van der Waals surface area contributed by atoms with E-state index in [1.54, 1.807) is 6.92 Å². The zero-order valence-electron chi connectivity index (χ0n) is 6.38. The van der Waals surface area contributed by atoms with Crippen molar-refractivity contribution in [2.24, 2.45) is 5.73 Å². The Hall–Kier alpha value is -0.290. The minimum Gasteiger partial charge on any atom is -0.463 e. The Labute approximate surface area is 69.5 Å². The number of hydrogen-bond donors (Lipinski definition) is 1. The van der Waals surface area contributed by atoms with Crippen molar-refractivity contribution in [3.8, 4) is 0 Å². The Balaban J connectivity index is 3.46. The second kappa shape index (κ2) is 6.42. The Morgan fingerprint density at radius 3 is 2.91 bits per heavy atom. The highest BCUT2D eigenvalue weighted by Gasteiger charge is 2.17. The molecule has 0 saturated carbocycles. The Morgan fingerprint density at radius 1 is 1.82 bits per heavy atom. The maximum absolute atomic E-state index is 12.6. The summed E-state index contributed by atoms with van der Waals surface area (Å²) in [7, 11) is 0. The van der Waals surface area contributed by atoms with Crippen LogP contribution in [0, 0.1) is 0 Å². The minimum absolute atomic E-state index is 0.211. The largest absolute Gasteiger partial charge is 0.463 e. The smallest absolute Gasteiger partial charge is 0.351 e. The lowest BCUT2D eigenvalue weighted by Crippen LogP contribution is -2.17. The van der Waals surface area contributed by atoms with Crippen LogP contribution in [-0.2, 0) is 9.53 Å². The summed E-state index contributed by atoms with van der Waals surface area (Å²) < 4.78 is 17.0. The SMILES string of the molecule is CCOC(=O)C(F)SCCN. The third kappa shape index (κ3) is 5.03. The Kier molecular flexibility index (Phi) is 6.25. The quantitative estimate of drug-likeness (QED) is 0.629. The first-order valence-corrected chi connectivity index (χ1v) is 4.39. The first-order chi connectivity index (χ1) is 5.22. The molecular weight excluding hydrogens is 169 g/mol. The summed E-state index contributed by atoms with van der Waals surface area (Å²) in [6, 6.07) is 0. The molecule has 66 valence electrons. The van der Waals surface area contributed by atoms with E-state index in [9.17, 15) is 9.18 Å². The van der Waals surface area contributed by atoms with Crippen LogP contribution in [0.15, 0.2) is 0 Å². The number of rotatable bonds is 5. The van der Waals surface area contributed by atoms with Gasteiger partial charge in [-0.1, -0.05) is 0 Å². The van der Waals surface area contributed by atoms with Crippen LogP contribution in [0.2, 0.25) is 0 Å². The third-order valence-corrected chi connectivity index (χ3v) is 1.81. The summed E-state index contributed by atoms with van der Waals surface area (Å²) >= 11 is 0.858. The molecule has 3 nitrogen and oxygen atoms in total. The predicted octanol–water partition coefficient (Wildman–Crippen LogP) is 0.537. The average Bonchev–Trinajstić information content (AvgIpc) is 2.00. The maximum atomic E-state index is 12.6. The molecule has 0 aliphatic carbocycles. The van der Waals surface area contributed by atoms with E-state index in [0.717, 1.165) is 11.8 Å². The number of nitrogens with two attached hydrogens (primary N) is 1. The summed E-state index contributed by atoms with van der Waals surface area (Å²) in [4.78, 5) is 10.6. The van der Waals surface area contributed by atoms with Gasteiger partial charge in [-0.3, -0.25) is 0 Å². The van der Waals surface area contributed by atoms with Crippen molar-refractivity contribution in [2.75, 3.05) is 18.9 Å². The molecule has 0 heterocycles. The molecule has 5 heteroatoms. The number of alkyl halides is 1. The van der Waals surface area contributed by atoms with Crippen molar-refractivity contribution in [1.29, 1.82) is 0 Å². The normalized spacial score (nSPS) is 12.6. The lowest BCUT2D eigenvalue weighted by Gasteiger charge is -2.05. The first kappa shape index (κ1) is 10.7. The van der Waals surface area contributed by atoms with E-state index in [1.807, 2.05) is 0 Å². The highest BCUT2D eigenvalue weighted by molar-refractivity contribution is 8.00. The molecule has 0 rings (SSSR count). The number of carbonyl (C=O) groups excluding carboxylic acids is 1. The van der Waals surface area contributed by atoms with Crippen molar-refractivity contribution in [3.05, 3.63) is 0 Å². The van der Waals surface area contributed by atoms with E-state index in [2.05, 4.69) is 4.74 Å². The Morgan fingerprint density at radius 2 is 2.45 bits per heavy atom. The molecule has 1 unspecified atom stereocenters. The van der Waals surface area contributed by atoms with Gasteiger partial charge in [0.05, 0.1) is 6.61 Å². The molecule has 1 atom stereocenters. The molecule has 0 saturated heterocycles. The van der Waals surface area contributed by atoms with Gasteiger partial charge in [-0.05, 0) is 6.92 Å². The molecule has 2 N–H and O–H groups in total. The number of ether oxygens (including phenoxy) is 1. The zero-order chi connectivity index (χ0) is 8.69. The Bertz CT molecular complexity index is 123. The van der Waals surface area contributed by atoms with Crippen molar-refractivity contribution < 1.29 is 13.9 Å². The van der Waals surface area contributed by atoms with E-state index in [-0.39, 0.29) is 6.61 Å². The zero-order valence-corrected chi connectivity index (χ0v) is 7.20. The van der Waals surface area contributed by atoms with Gasteiger partial charge in [-0.2, -0.15) is 0 Å². The van der Waals surface area contributed by atoms with Crippen LogP contribution in [-0.4, -0.2) is 30.4 Å². The molecular formula is C6H12FNO2S. The molecule has 0 amide bonds. The summed E-state index contributed by atoms with van der Waals surface area (Å²) in [5.41, 5.74) is 3.53. The van der Waals surface area contributed by atoms with E-state index < -0.39 is 11.5 Å². The van der Waals surface area contributed by atoms with Crippen LogP contribution in [0.4, 0.5) is 4.39 Å². The van der Waals surface area contributed by atoms with Gasteiger partial charge in [0.2, 0.25) is 5.50 Å². The number of carbonyl (C=O) groups is 1. The van der Waals surface area contributed by atoms with Gasteiger partial charge in [0.25, 0.3) is 0 Å². The van der Waals surface area contributed by atoms with Gasteiger partial charge < -0.3 is 10.5 Å². The summed E-state index contributed by atoms with van der Waals surface area (Å²) in [5, 5.41) is 0. The highest BCUT2D eigenvalue weighted by atomic mass is 32.2. The van der Waals surface area contributed by atoms with Crippen LogP contribution < -0.4 is 5.73 Å². The fourth-order valence-corrected chi connectivity index (χ4v) is 0.994. The molecule has 0 aromatic heterocycles. The average molecular weight is 181 g/mol. The summed E-state index contributed by atoms with van der Waals surface area (Å²) in [6.07, 6.45) is 0. The van der Waals surface area contributed by atoms with E-state index in [1.165, 1.54) is 0 Å². The van der Waals surface area contributed by atoms with Gasteiger partial charge in [0.1, 0.15) is 0 Å². The standard InChI is InChI=1S/C6H12FNO2S/c1-2-10-6(9)5(7)11-4-3-8/h5H,2-4,8H2,1H3.